The topological polar surface area (TPSA) is 56.7 Å². The third-order valence-corrected chi connectivity index (χ3v) is 3.62. The van der Waals surface area contributed by atoms with Gasteiger partial charge < -0.3 is 10.0 Å². The van der Waals surface area contributed by atoms with Gasteiger partial charge in [-0.15, -0.1) is 0 Å². The Hall–Kier alpha value is -1.46. The summed E-state index contributed by atoms with van der Waals surface area (Å²) >= 11 is 0. The smallest absolute Gasteiger partial charge is 0.222 e. The summed E-state index contributed by atoms with van der Waals surface area (Å²) in [7, 11) is 0. The zero-order valence-electron chi connectivity index (χ0n) is 12.0. The lowest BCUT2D eigenvalue weighted by molar-refractivity contribution is -0.133. The first-order chi connectivity index (χ1) is 9.65. The predicted molar refractivity (Wildman–Crippen MR) is 77.3 cm³/mol. The average molecular weight is 277 g/mol. The number of amides is 1. The largest absolute Gasteiger partial charge is 0.392 e. The van der Waals surface area contributed by atoms with Gasteiger partial charge in [0.1, 0.15) is 0 Å². The number of carbonyl (C=O) groups excluding carboxylic acids is 1. The van der Waals surface area contributed by atoms with E-state index in [0.29, 0.717) is 13.0 Å². The molecule has 0 aromatic carbocycles. The number of nitrogens with zero attached hydrogens (tertiary/aromatic N) is 3. The lowest BCUT2D eigenvalue weighted by atomic mass is 10.1. The standard InChI is InChI=1S/C15H23N3O2/c1-13(19)12-17-8-10-18(11-9-17)15(20)3-2-14-4-6-16-7-5-14/h4-7,13,19H,2-3,8-12H2,1H3/t13-/m1/s1. The molecule has 0 radical (unpaired) electrons. The van der Waals surface area contributed by atoms with Gasteiger partial charge in [0.25, 0.3) is 0 Å². The SMILES string of the molecule is C[C@@H](O)CN1CCN(C(=O)CCc2ccncc2)CC1. The van der Waals surface area contributed by atoms with Gasteiger partial charge in [0.05, 0.1) is 6.10 Å². The summed E-state index contributed by atoms with van der Waals surface area (Å²) in [4.78, 5) is 20.3. The second kappa shape index (κ2) is 7.36. The number of aliphatic hydroxyl groups is 1. The van der Waals surface area contributed by atoms with Gasteiger partial charge in [-0.25, -0.2) is 0 Å². The van der Waals surface area contributed by atoms with Crippen molar-refractivity contribution in [2.24, 2.45) is 0 Å². The minimum absolute atomic E-state index is 0.221. The number of aromatic nitrogens is 1. The van der Waals surface area contributed by atoms with Crippen molar-refractivity contribution in [1.29, 1.82) is 0 Å². The van der Waals surface area contributed by atoms with Crippen LogP contribution >= 0.6 is 0 Å². The number of β-amino-alcohol motifs (C(OH)–C–C–N with tert-alkyl or cyclic N) is 1. The van der Waals surface area contributed by atoms with Crippen molar-refractivity contribution in [1.82, 2.24) is 14.8 Å². The maximum absolute atomic E-state index is 12.1. The van der Waals surface area contributed by atoms with Gasteiger partial charge in [0.15, 0.2) is 0 Å². The molecule has 0 aliphatic carbocycles. The van der Waals surface area contributed by atoms with E-state index < -0.39 is 0 Å². The van der Waals surface area contributed by atoms with Crippen LogP contribution < -0.4 is 0 Å². The Labute approximate surface area is 120 Å². The molecule has 20 heavy (non-hydrogen) atoms. The summed E-state index contributed by atoms with van der Waals surface area (Å²) in [5.74, 6) is 0.221. The van der Waals surface area contributed by atoms with Crippen LogP contribution in [0.2, 0.25) is 0 Å². The maximum atomic E-state index is 12.1. The summed E-state index contributed by atoms with van der Waals surface area (Å²) < 4.78 is 0. The van der Waals surface area contributed by atoms with Gasteiger partial charge in [-0.3, -0.25) is 14.7 Å². The summed E-state index contributed by atoms with van der Waals surface area (Å²) in [6.07, 6.45) is 4.54. The minimum Gasteiger partial charge on any atom is -0.392 e. The van der Waals surface area contributed by atoms with Crippen LogP contribution in [0.15, 0.2) is 24.5 Å². The van der Waals surface area contributed by atoms with E-state index in [2.05, 4.69) is 9.88 Å². The van der Waals surface area contributed by atoms with Crippen LogP contribution in [-0.4, -0.2) is 64.6 Å². The number of carbonyl (C=O) groups is 1. The third-order valence-electron chi connectivity index (χ3n) is 3.62. The number of aryl methyl sites for hydroxylation is 1. The molecular formula is C15H23N3O2. The molecule has 1 aliphatic heterocycles. The summed E-state index contributed by atoms with van der Waals surface area (Å²) in [5, 5.41) is 9.36. The first-order valence-corrected chi connectivity index (χ1v) is 7.22. The van der Waals surface area contributed by atoms with E-state index in [0.717, 1.165) is 38.2 Å². The molecule has 2 rings (SSSR count). The number of piperazine rings is 1. The maximum Gasteiger partial charge on any atom is 0.222 e. The number of hydrogen-bond acceptors (Lipinski definition) is 4. The van der Waals surface area contributed by atoms with Crippen LogP contribution in [0.4, 0.5) is 0 Å². The lowest BCUT2D eigenvalue weighted by Crippen LogP contribution is -2.50. The van der Waals surface area contributed by atoms with Crippen molar-refractivity contribution in [3.05, 3.63) is 30.1 Å². The fraction of sp³-hybridized carbons (Fsp3) is 0.600. The Balaban J connectivity index is 1.72. The van der Waals surface area contributed by atoms with Crippen LogP contribution in [0.5, 0.6) is 0 Å². The van der Waals surface area contributed by atoms with E-state index in [1.54, 1.807) is 19.3 Å². The van der Waals surface area contributed by atoms with Crippen LogP contribution in [0.25, 0.3) is 0 Å². The van der Waals surface area contributed by atoms with Crippen molar-refractivity contribution in [3.8, 4) is 0 Å². The average Bonchev–Trinajstić information content (AvgIpc) is 2.46. The number of rotatable bonds is 5. The molecular weight excluding hydrogens is 254 g/mol. The fourth-order valence-electron chi connectivity index (χ4n) is 2.51. The van der Waals surface area contributed by atoms with Crippen molar-refractivity contribution in [3.63, 3.8) is 0 Å². The normalized spacial score (nSPS) is 18.0. The Morgan fingerprint density at radius 2 is 1.95 bits per heavy atom. The van der Waals surface area contributed by atoms with Gasteiger partial charge in [-0.2, -0.15) is 0 Å². The van der Waals surface area contributed by atoms with Gasteiger partial charge >= 0.3 is 0 Å². The Morgan fingerprint density at radius 1 is 1.30 bits per heavy atom. The minimum atomic E-state index is -0.302. The van der Waals surface area contributed by atoms with Crippen molar-refractivity contribution in [2.75, 3.05) is 32.7 Å². The molecule has 0 bridgehead atoms. The van der Waals surface area contributed by atoms with Gasteiger partial charge in [-0.1, -0.05) is 0 Å². The molecule has 110 valence electrons. The molecule has 0 saturated carbocycles. The molecule has 0 unspecified atom stereocenters. The zero-order valence-corrected chi connectivity index (χ0v) is 12.0. The molecule has 5 nitrogen and oxygen atoms in total. The molecule has 1 aromatic heterocycles. The molecule has 2 heterocycles. The van der Waals surface area contributed by atoms with Crippen LogP contribution in [-0.2, 0) is 11.2 Å². The van der Waals surface area contributed by atoms with E-state index in [1.807, 2.05) is 17.0 Å². The zero-order chi connectivity index (χ0) is 14.4. The Morgan fingerprint density at radius 3 is 2.55 bits per heavy atom. The van der Waals surface area contributed by atoms with Gasteiger partial charge in [-0.05, 0) is 31.0 Å². The van der Waals surface area contributed by atoms with E-state index >= 15 is 0 Å². The van der Waals surface area contributed by atoms with Gasteiger partial charge in [0, 0.05) is 51.5 Å². The van der Waals surface area contributed by atoms with E-state index in [1.165, 1.54) is 0 Å². The summed E-state index contributed by atoms with van der Waals surface area (Å²) in [5.41, 5.74) is 1.15. The molecule has 1 aliphatic rings. The van der Waals surface area contributed by atoms with Crippen LogP contribution in [0, 0.1) is 0 Å². The molecule has 1 N–H and O–H groups in total. The first kappa shape index (κ1) is 14.9. The monoisotopic (exact) mass is 277 g/mol. The molecule has 1 saturated heterocycles. The third kappa shape index (κ3) is 4.58. The summed E-state index contributed by atoms with van der Waals surface area (Å²) in [6, 6.07) is 3.90. The van der Waals surface area contributed by atoms with Gasteiger partial charge in [0.2, 0.25) is 5.91 Å². The van der Waals surface area contributed by atoms with E-state index in [4.69, 9.17) is 0 Å². The first-order valence-electron chi connectivity index (χ1n) is 7.22. The number of hydrogen-bond donors (Lipinski definition) is 1. The predicted octanol–water partition coefficient (Wildman–Crippen LogP) is 0.539. The van der Waals surface area contributed by atoms with E-state index in [-0.39, 0.29) is 12.0 Å². The molecule has 1 amide bonds. The highest BCUT2D eigenvalue weighted by molar-refractivity contribution is 5.76. The molecule has 1 fully saturated rings. The quantitative estimate of drug-likeness (QED) is 0.853. The lowest BCUT2D eigenvalue weighted by Gasteiger charge is -2.35. The number of pyridine rings is 1. The van der Waals surface area contributed by atoms with Crippen LogP contribution in [0.1, 0.15) is 18.9 Å². The molecule has 1 aromatic rings. The second-order valence-electron chi connectivity index (χ2n) is 5.39. The number of aliphatic hydroxyl groups excluding tert-OH is 1. The summed E-state index contributed by atoms with van der Waals surface area (Å²) in [6.45, 7) is 5.73. The van der Waals surface area contributed by atoms with Crippen molar-refractivity contribution >= 4 is 5.91 Å². The van der Waals surface area contributed by atoms with Crippen molar-refractivity contribution in [2.45, 2.75) is 25.9 Å². The highest BCUT2D eigenvalue weighted by Gasteiger charge is 2.21. The Bertz CT molecular complexity index is 414. The molecule has 0 spiro atoms. The van der Waals surface area contributed by atoms with Crippen molar-refractivity contribution < 1.29 is 9.90 Å². The Kier molecular flexibility index (Phi) is 5.49. The van der Waals surface area contributed by atoms with E-state index in [9.17, 15) is 9.90 Å². The molecule has 1 atom stereocenters. The second-order valence-corrected chi connectivity index (χ2v) is 5.39. The molecule has 5 heteroatoms. The highest BCUT2D eigenvalue weighted by atomic mass is 16.3. The van der Waals surface area contributed by atoms with Crippen LogP contribution in [0.3, 0.4) is 0 Å². The fourth-order valence-corrected chi connectivity index (χ4v) is 2.51. The highest BCUT2D eigenvalue weighted by Crippen LogP contribution is 2.07.